The molecule has 0 aliphatic rings. The zero-order valence-corrected chi connectivity index (χ0v) is 47.4. The first-order valence-electron chi connectivity index (χ1n) is 30.2. The number of esters is 3. The van der Waals surface area contributed by atoms with Crippen molar-refractivity contribution in [3.63, 3.8) is 0 Å². The fourth-order valence-corrected chi connectivity index (χ4v) is 8.15. The van der Waals surface area contributed by atoms with E-state index in [-0.39, 0.29) is 31.1 Å². The van der Waals surface area contributed by atoms with Crippen LogP contribution in [0.25, 0.3) is 0 Å². The highest BCUT2D eigenvalue weighted by atomic mass is 16.6. The Morgan fingerprint density at radius 3 is 0.822 bits per heavy atom. The lowest BCUT2D eigenvalue weighted by Crippen LogP contribution is -2.30. The SMILES string of the molecule is CCC\C=C/C=C\C=C/C=C\C=C/CCCCCCCC(=O)OCC(COC(=O)CCCCCCCCCCCCCCCCCCCCC)OC(=O)CCCCCCC\C=C/C=C\C=C/C=C\C=C/CCC. The molecular formula is C67H110O6. The standard InChI is InChI=1S/C67H110O6/c1-4-7-10-13-16-19-22-25-28-31-34-37-39-42-45-48-51-54-57-60-66(69)72-63-64(73-67(70)61-58-55-52-49-46-43-40-36-33-30-27-24-21-18-15-12-9-6-3)62-71-65(68)59-56-53-50-47-44-41-38-35-32-29-26-23-20-17-14-11-8-5-2/h11-12,14-15,17-18,20-21,23-24,26-27,29-30,32-33,35-36,38,40,64H,4-10,13,16,19,22,25,28,31,34,37,39,41-63H2,1-3H3/b14-11-,15-12-,20-17-,21-18-,26-23-,27-24-,32-29-,33-30-,38-35-,40-36-. The van der Waals surface area contributed by atoms with E-state index in [0.717, 1.165) is 109 Å². The highest BCUT2D eigenvalue weighted by Crippen LogP contribution is 2.16. The molecule has 6 heteroatoms. The highest BCUT2D eigenvalue weighted by molar-refractivity contribution is 5.71. The third kappa shape index (κ3) is 58.6. The second-order valence-electron chi connectivity index (χ2n) is 19.8. The minimum absolute atomic E-state index is 0.0982. The number of carbonyl (C=O) groups excluding carboxylic acids is 3. The van der Waals surface area contributed by atoms with Gasteiger partial charge in [-0.2, -0.15) is 0 Å². The summed E-state index contributed by atoms with van der Waals surface area (Å²) in [5.41, 5.74) is 0. The molecule has 0 aliphatic heterocycles. The molecule has 0 N–H and O–H groups in total. The minimum atomic E-state index is -0.806. The first kappa shape index (κ1) is 68.8. The van der Waals surface area contributed by atoms with Crippen LogP contribution in [0.1, 0.15) is 265 Å². The topological polar surface area (TPSA) is 78.9 Å². The molecule has 1 unspecified atom stereocenters. The van der Waals surface area contributed by atoms with E-state index in [9.17, 15) is 14.4 Å². The predicted molar refractivity (Wildman–Crippen MR) is 316 cm³/mol. The Morgan fingerprint density at radius 2 is 0.521 bits per heavy atom. The normalized spacial score (nSPS) is 13.0. The van der Waals surface area contributed by atoms with Gasteiger partial charge in [-0.15, -0.1) is 0 Å². The molecule has 73 heavy (non-hydrogen) atoms. The van der Waals surface area contributed by atoms with Crippen LogP contribution < -0.4 is 0 Å². The summed E-state index contributed by atoms with van der Waals surface area (Å²) < 4.78 is 16.9. The van der Waals surface area contributed by atoms with Crippen LogP contribution in [-0.4, -0.2) is 37.2 Å². The molecule has 414 valence electrons. The zero-order chi connectivity index (χ0) is 52.9. The summed E-state index contributed by atoms with van der Waals surface area (Å²) in [4.78, 5) is 38.3. The summed E-state index contributed by atoms with van der Waals surface area (Å²) in [6, 6.07) is 0. The summed E-state index contributed by atoms with van der Waals surface area (Å²) in [5, 5.41) is 0. The van der Waals surface area contributed by atoms with E-state index < -0.39 is 6.10 Å². The van der Waals surface area contributed by atoms with Gasteiger partial charge in [-0.05, 0) is 57.8 Å². The lowest BCUT2D eigenvalue weighted by Gasteiger charge is -2.18. The Labute approximate surface area is 450 Å². The van der Waals surface area contributed by atoms with Crippen molar-refractivity contribution in [3.05, 3.63) is 122 Å². The molecule has 0 aromatic rings. The Hall–Kier alpha value is -4.19. The van der Waals surface area contributed by atoms with Crippen molar-refractivity contribution in [2.24, 2.45) is 0 Å². The number of allylic oxidation sites excluding steroid dienone is 20. The number of ether oxygens (including phenoxy) is 3. The smallest absolute Gasteiger partial charge is 0.306 e. The van der Waals surface area contributed by atoms with Gasteiger partial charge in [0.2, 0.25) is 0 Å². The monoisotopic (exact) mass is 1010 g/mol. The van der Waals surface area contributed by atoms with Gasteiger partial charge in [0.25, 0.3) is 0 Å². The predicted octanol–water partition coefficient (Wildman–Crippen LogP) is 20.4. The maximum Gasteiger partial charge on any atom is 0.306 e. The van der Waals surface area contributed by atoms with Gasteiger partial charge in [-0.25, -0.2) is 0 Å². The van der Waals surface area contributed by atoms with Crippen LogP contribution in [0.2, 0.25) is 0 Å². The van der Waals surface area contributed by atoms with E-state index >= 15 is 0 Å². The molecule has 0 fully saturated rings. The highest BCUT2D eigenvalue weighted by Gasteiger charge is 2.19. The van der Waals surface area contributed by atoms with Gasteiger partial charge in [0.05, 0.1) is 0 Å². The Morgan fingerprint density at radius 1 is 0.274 bits per heavy atom. The molecule has 0 rings (SSSR count). The summed E-state index contributed by atoms with van der Waals surface area (Å²) in [6.45, 7) is 6.44. The summed E-state index contributed by atoms with van der Waals surface area (Å²) in [7, 11) is 0. The Bertz CT molecular complexity index is 1540. The Kier molecular flexibility index (Phi) is 56.9. The lowest BCUT2D eigenvalue weighted by molar-refractivity contribution is -0.167. The molecule has 0 aliphatic carbocycles. The molecule has 6 nitrogen and oxygen atoms in total. The van der Waals surface area contributed by atoms with Gasteiger partial charge in [0.1, 0.15) is 13.2 Å². The molecule has 0 amide bonds. The molecule has 0 saturated carbocycles. The van der Waals surface area contributed by atoms with Crippen LogP contribution in [0, 0.1) is 0 Å². The van der Waals surface area contributed by atoms with Crippen LogP contribution in [0.4, 0.5) is 0 Å². The van der Waals surface area contributed by atoms with E-state index in [2.05, 4.69) is 93.7 Å². The lowest BCUT2D eigenvalue weighted by atomic mass is 10.0. The van der Waals surface area contributed by atoms with Crippen molar-refractivity contribution in [3.8, 4) is 0 Å². The van der Waals surface area contributed by atoms with Gasteiger partial charge in [0.15, 0.2) is 6.10 Å². The largest absolute Gasteiger partial charge is 0.462 e. The van der Waals surface area contributed by atoms with Crippen molar-refractivity contribution < 1.29 is 28.6 Å². The molecule has 0 bridgehead atoms. The molecule has 0 saturated heterocycles. The van der Waals surface area contributed by atoms with Crippen molar-refractivity contribution in [2.45, 2.75) is 271 Å². The third-order valence-corrected chi connectivity index (χ3v) is 12.7. The third-order valence-electron chi connectivity index (χ3n) is 12.7. The van der Waals surface area contributed by atoms with Crippen molar-refractivity contribution in [1.29, 1.82) is 0 Å². The van der Waals surface area contributed by atoms with Crippen molar-refractivity contribution >= 4 is 17.9 Å². The summed E-state index contributed by atoms with van der Waals surface area (Å²) >= 11 is 0. The van der Waals surface area contributed by atoms with Gasteiger partial charge in [-0.3, -0.25) is 14.4 Å². The van der Waals surface area contributed by atoms with Crippen LogP contribution >= 0.6 is 0 Å². The first-order chi connectivity index (χ1) is 36.0. The van der Waals surface area contributed by atoms with E-state index in [1.54, 1.807) is 0 Å². The molecule has 0 aromatic heterocycles. The van der Waals surface area contributed by atoms with Gasteiger partial charge >= 0.3 is 17.9 Å². The molecule has 0 radical (unpaired) electrons. The van der Waals surface area contributed by atoms with Gasteiger partial charge < -0.3 is 14.2 Å². The number of hydrogen-bond acceptors (Lipinski definition) is 6. The quantitative estimate of drug-likeness (QED) is 0.0261. The molecule has 0 heterocycles. The Balaban J connectivity index is 4.49. The summed E-state index contributed by atoms with van der Waals surface area (Å²) in [6.07, 6.45) is 83.2. The van der Waals surface area contributed by atoms with E-state index in [0.29, 0.717) is 19.3 Å². The number of carbonyl (C=O) groups is 3. The van der Waals surface area contributed by atoms with Gasteiger partial charge in [0, 0.05) is 19.3 Å². The van der Waals surface area contributed by atoms with Crippen LogP contribution in [0.5, 0.6) is 0 Å². The molecule has 0 aromatic carbocycles. The van der Waals surface area contributed by atoms with Crippen LogP contribution in [0.15, 0.2) is 122 Å². The maximum absolute atomic E-state index is 12.9. The fraction of sp³-hybridized carbons (Fsp3) is 0.657. The second kappa shape index (κ2) is 60.4. The maximum atomic E-state index is 12.9. The number of hydrogen-bond donors (Lipinski definition) is 0. The average Bonchev–Trinajstić information content (AvgIpc) is 3.39. The minimum Gasteiger partial charge on any atom is -0.462 e. The first-order valence-corrected chi connectivity index (χ1v) is 30.2. The molecule has 0 spiro atoms. The van der Waals surface area contributed by atoms with E-state index in [4.69, 9.17) is 14.2 Å². The number of rotatable bonds is 53. The summed E-state index contributed by atoms with van der Waals surface area (Å²) in [5.74, 6) is -0.945. The molecular weight excluding hydrogens is 901 g/mol. The average molecular weight is 1010 g/mol. The van der Waals surface area contributed by atoms with Gasteiger partial charge in [-0.1, -0.05) is 309 Å². The van der Waals surface area contributed by atoms with Crippen molar-refractivity contribution in [1.82, 2.24) is 0 Å². The fourth-order valence-electron chi connectivity index (χ4n) is 8.15. The van der Waals surface area contributed by atoms with Crippen LogP contribution in [-0.2, 0) is 28.6 Å². The van der Waals surface area contributed by atoms with Crippen LogP contribution in [0.3, 0.4) is 0 Å². The van der Waals surface area contributed by atoms with E-state index in [1.165, 1.54) is 116 Å². The molecule has 1 atom stereocenters. The zero-order valence-electron chi connectivity index (χ0n) is 47.4. The van der Waals surface area contributed by atoms with E-state index in [1.807, 2.05) is 48.6 Å². The number of unbranched alkanes of at least 4 members (excludes halogenated alkanes) is 30. The van der Waals surface area contributed by atoms with Crippen molar-refractivity contribution in [2.75, 3.05) is 13.2 Å². The second-order valence-corrected chi connectivity index (χ2v) is 19.8.